The van der Waals surface area contributed by atoms with Gasteiger partial charge in [-0.3, -0.25) is 10.3 Å². The quantitative estimate of drug-likeness (QED) is 0.355. The van der Waals surface area contributed by atoms with Crippen molar-refractivity contribution >= 4 is 12.0 Å². The molecule has 14 heavy (non-hydrogen) atoms. The van der Waals surface area contributed by atoms with Crippen molar-refractivity contribution in [1.82, 2.24) is 15.6 Å². The number of morpholine rings is 1. The second-order valence-electron chi connectivity index (χ2n) is 2.76. The molecule has 7 nitrogen and oxygen atoms in total. The van der Waals surface area contributed by atoms with E-state index in [1.165, 1.54) is 7.05 Å². The molecule has 0 bridgehead atoms. The molecule has 0 spiro atoms. The molecule has 2 amide bonds. The van der Waals surface area contributed by atoms with Crippen molar-refractivity contribution in [2.24, 2.45) is 10.8 Å². The van der Waals surface area contributed by atoms with Crippen LogP contribution in [0.4, 0.5) is 4.79 Å². The van der Waals surface area contributed by atoms with Crippen molar-refractivity contribution in [2.75, 3.05) is 33.4 Å². The Kier molecular flexibility index (Phi) is 3.99. The molecule has 0 aromatic carbocycles. The maximum absolute atomic E-state index is 10.8. The number of nitrogens with zero attached hydrogens (tertiary/aromatic N) is 2. The molecule has 0 aliphatic carbocycles. The lowest BCUT2D eigenvalue weighted by Gasteiger charge is -2.24. The van der Waals surface area contributed by atoms with Gasteiger partial charge in [-0.2, -0.15) is 0 Å². The van der Waals surface area contributed by atoms with Crippen LogP contribution in [0.15, 0.2) is 5.10 Å². The molecule has 0 unspecified atom stereocenters. The molecule has 1 aliphatic heterocycles. The van der Waals surface area contributed by atoms with E-state index in [4.69, 9.17) is 10.5 Å². The van der Waals surface area contributed by atoms with Gasteiger partial charge in [0.05, 0.1) is 26.3 Å². The fraction of sp³-hybridized carbons (Fsp3) is 0.714. The van der Waals surface area contributed by atoms with E-state index in [2.05, 4.69) is 15.7 Å². The van der Waals surface area contributed by atoms with E-state index in [0.717, 1.165) is 0 Å². The van der Waals surface area contributed by atoms with Gasteiger partial charge in [0.2, 0.25) is 5.96 Å². The summed E-state index contributed by atoms with van der Waals surface area (Å²) in [4.78, 5) is 10.8. The van der Waals surface area contributed by atoms with Crippen LogP contribution in [0.25, 0.3) is 0 Å². The maximum atomic E-state index is 10.8. The summed E-state index contributed by atoms with van der Waals surface area (Å²) < 4.78 is 5.13. The van der Waals surface area contributed by atoms with Crippen molar-refractivity contribution < 1.29 is 9.53 Å². The summed E-state index contributed by atoms with van der Waals surface area (Å²) in [7, 11) is 1.51. The van der Waals surface area contributed by atoms with Gasteiger partial charge in [-0.15, -0.1) is 5.10 Å². The number of nitrogens with two attached hydrogens (primary N) is 1. The molecule has 1 aliphatic rings. The minimum absolute atomic E-state index is 0.0891. The number of guanidine groups is 1. The van der Waals surface area contributed by atoms with Crippen molar-refractivity contribution in [2.45, 2.75) is 0 Å². The van der Waals surface area contributed by atoms with Crippen molar-refractivity contribution in [3.63, 3.8) is 0 Å². The maximum Gasteiger partial charge on any atom is 0.321 e. The first-order chi connectivity index (χ1) is 6.72. The second kappa shape index (κ2) is 5.28. The number of amides is 2. The predicted molar refractivity (Wildman–Crippen MR) is 51.6 cm³/mol. The lowest BCUT2D eigenvalue weighted by Crippen LogP contribution is -2.44. The molecule has 0 saturated carbocycles. The highest BCUT2D eigenvalue weighted by Gasteiger charge is 2.08. The Morgan fingerprint density at radius 3 is 2.71 bits per heavy atom. The van der Waals surface area contributed by atoms with Gasteiger partial charge in [-0.1, -0.05) is 0 Å². The van der Waals surface area contributed by atoms with E-state index in [9.17, 15) is 4.79 Å². The molecule has 7 heteroatoms. The van der Waals surface area contributed by atoms with Gasteiger partial charge < -0.3 is 15.8 Å². The SMILES string of the molecule is CNC(=O)N/C(N)=N/N1CCOCC1. The van der Waals surface area contributed by atoms with Crippen molar-refractivity contribution in [1.29, 1.82) is 0 Å². The fourth-order valence-corrected chi connectivity index (χ4v) is 1.01. The monoisotopic (exact) mass is 201 g/mol. The van der Waals surface area contributed by atoms with Crippen LogP contribution in [0.3, 0.4) is 0 Å². The van der Waals surface area contributed by atoms with E-state index in [1.807, 2.05) is 0 Å². The highest BCUT2D eigenvalue weighted by Crippen LogP contribution is 1.95. The topological polar surface area (TPSA) is 92.0 Å². The number of ether oxygens (including phenoxy) is 1. The number of urea groups is 1. The van der Waals surface area contributed by atoms with Crippen LogP contribution in [0.1, 0.15) is 0 Å². The minimum Gasteiger partial charge on any atom is -0.378 e. The fourth-order valence-electron chi connectivity index (χ4n) is 1.01. The molecule has 1 saturated heterocycles. The largest absolute Gasteiger partial charge is 0.378 e. The van der Waals surface area contributed by atoms with Crippen LogP contribution in [-0.2, 0) is 4.74 Å². The van der Waals surface area contributed by atoms with Gasteiger partial charge in [0, 0.05) is 7.05 Å². The number of hydrogen-bond donors (Lipinski definition) is 3. The van der Waals surface area contributed by atoms with Crippen LogP contribution in [0, 0.1) is 0 Å². The zero-order chi connectivity index (χ0) is 10.4. The third kappa shape index (κ3) is 3.48. The van der Waals surface area contributed by atoms with E-state index >= 15 is 0 Å². The Balaban J connectivity index is 2.37. The van der Waals surface area contributed by atoms with Gasteiger partial charge in [0.25, 0.3) is 0 Å². The standard InChI is InChI=1S/C7H15N5O2/c1-9-7(13)10-6(8)11-12-2-4-14-5-3-12/h2-5H2,1H3,(H4,8,9,10,11,13). The average molecular weight is 201 g/mol. The van der Waals surface area contributed by atoms with Gasteiger partial charge in [-0.05, 0) is 0 Å². The first kappa shape index (κ1) is 10.6. The predicted octanol–water partition coefficient (Wildman–Crippen LogP) is -1.52. The molecule has 0 aromatic rings. The van der Waals surface area contributed by atoms with Crippen LogP contribution >= 0.6 is 0 Å². The first-order valence-electron chi connectivity index (χ1n) is 4.38. The normalized spacial score (nSPS) is 17.8. The molecule has 0 radical (unpaired) electrons. The minimum atomic E-state index is -0.375. The lowest BCUT2D eigenvalue weighted by atomic mass is 10.5. The van der Waals surface area contributed by atoms with Gasteiger partial charge in [0.15, 0.2) is 0 Å². The molecule has 80 valence electrons. The van der Waals surface area contributed by atoms with Crippen LogP contribution in [-0.4, -0.2) is 50.4 Å². The smallest absolute Gasteiger partial charge is 0.321 e. The number of hydrogen-bond acceptors (Lipinski definition) is 4. The van der Waals surface area contributed by atoms with Crippen molar-refractivity contribution in [3.8, 4) is 0 Å². The average Bonchev–Trinajstić information content (AvgIpc) is 2.19. The number of hydrazone groups is 1. The third-order valence-corrected chi connectivity index (χ3v) is 1.71. The van der Waals surface area contributed by atoms with E-state index in [0.29, 0.717) is 26.3 Å². The molecular formula is C7H15N5O2. The summed E-state index contributed by atoms with van der Waals surface area (Å²) in [6.45, 7) is 2.65. The summed E-state index contributed by atoms with van der Waals surface area (Å²) in [5.41, 5.74) is 5.48. The number of carbonyl (C=O) groups excluding carboxylic acids is 1. The van der Waals surface area contributed by atoms with Crippen LogP contribution in [0.5, 0.6) is 0 Å². The zero-order valence-electron chi connectivity index (χ0n) is 8.12. The summed E-state index contributed by atoms with van der Waals surface area (Å²) in [5.74, 6) is 0.0891. The Hall–Kier alpha value is -1.50. The number of rotatable bonds is 1. The highest BCUT2D eigenvalue weighted by atomic mass is 16.5. The van der Waals surface area contributed by atoms with E-state index in [-0.39, 0.29) is 12.0 Å². The Labute approximate surface area is 82.3 Å². The molecule has 1 fully saturated rings. The second-order valence-corrected chi connectivity index (χ2v) is 2.76. The number of carbonyl (C=O) groups is 1. The van der Waals surface area contributed by atoms with Gasteiger partial charge in [0.1, 0.15) is 0 Å². The molecule has 0 atom stereocenters. The first-order valence-corrected chi connectivity index (χ1v) is 4.38. The van der Waals surface area contributed by atoms with Gasteiger partial charge in [-0.25, -0.2) is 4.79 Å². The van der Waals surface area contributed by atoms with Crippen LogP contribution in [0.2, 0.25) is 0 Å². The zero-order valence-corrected chi connectivity index (χ0v) is 8.12. The molecule has 1 heterocycles. The van der Waals surface area contributed by atoms with Crippen molar-refractivity contribution in [3.05, 3.63) is 0 Å². The Morgan fingerprint density at radius 2 is 2.14 bits per heavy atom. The summed E-state index contributed by atoms with van der Waals surface area (Å²) >= 11 is 0. The molecule has 0 aromatic heterocycles. The summed E-state index contributed by atoms with van der Waals surface area (Å²) in [5, 5.41) is 10.5. The Bertz CT molecular complexity index is 224. The van der Waals surface area contributed by atoms with Gasteiger partial charge >= 0.3 is 6.03 Å². The van der Waals surface area contributed by atoms with E-state index < -0.39 is 0 Å². The molecule has 1 rings (SSSR count). The van der Waals surface area contributed by atoms with Crippen LogP contribution < -0.4 is 16.4 Å². The summed E-state index contributed by atoms with van der Waals surface area (Å²) in [6, 6.07) is -0.375. The summed E-state index contributed by atoms with van der Waals surface area (Å²) in [6.07, 6.45) is 0. The Morgan fingerprint density at radius 1 is 1.50 bits per heavy atom. The van der Waals surface area contributed by atoms with E-state index in [1.54, 1.807) is 5.01 Å². The number of nitrogens with one attached hydrogen (secondary N) is 2. The third-order valence-electron chi connectivity index (χ3n) is 1.71. The highest BCUT2D eigenvalue weighted by molar-refractivity contribution is 5.94. The molecule has 4 N–H and O–H groups in total. The lowest BCUT2D eigenvalue weighted by molar-refractivity contribution is 0.0391. The molecular weight excluding hydrogens is 186 g/mol.